The first kappa shape index (κ1) is 24.3. The molecule has 0 atom stereocenters. The van der Waals surface area contributed by atoms with Crippen molar-refractivity contribution >= 4 is 11.9 Å². The molecule has 0 aromatic heterocycles. The molecule has 6 nitrogen and oxygen atoms in total. The third-order valence-corrected chi connectivity index (χ3v) is 3.27. The van der Waals surface area contributed by atoms with Gasteiger partial charge in [0.25, 0.3) is 0 Å². The number of quaternary nitrogens is 2. The van der Waals surface area contributed by atoms with Gasteiger partial charge in [-0.05, 0) is 51.7 Å². The first-order chi connectivity index (χ1) is 10.7. The van der Waals surface area contributed by atoms with Crippen molar-refractivity contribution in [3.63, 3.8) is 0 Å². The predicted molar refractivity (Wildman–Crippen MR) is 89.6 cm³/mol. The smallest absolute Gasteiger partial charge is 0.0886 e. The molecule has 0 amide bonds. The Balaban J connectivity index is 0. The molecule has 0 aliphatic carbocycles. The second kappa shape index (κ2) is 10.8. The van der Waals surface area contributed by atoms with Crippen LogP contribution in [0.25, 0.3) is 0 Å². The maximum absolute atomic E-state index is 10.2. The lowest BCUT2D eigenvalue weighted by Crippen LogP contribution is -2.68. The Kier molecular flexibility index (Phi) is 10.9. The molecule has 6 heteroatoms. The van der Waals surface area contributed by atoms with E-state index in [1.807, 2.05) is 0 Å². The van der Waals surface area contributed by atoms with E-state index in [-0.39, 0.29) is 11.1 Å². The van der Waals surface area contributed by atoms with Crippen molar-refractivity contribution in [2.24, 2.45) is 0 Å². The van der Waals surface area contributed by atoms with E-state index in [4.69, 9.17) is 0 Å². The Hall–Kier alpha value is -1.92. The zero-order valence-corrected chi connectivity index (χ0v) is 15.8. The molecule has 0 aliphatic heterocycles. The lowest BCUT2D eigenvalue weighted by Gasteiger charge is -2.08. The molecule has 0 saturated heterocycles. The van der Waals surface area contributed by atoms with Gasteiger partial charge in [-0.15, -0.1) is 0 Å². The van der Waals surface area contributed by atoms with Crippen LogP contribution in [0.3, 0.4) is 0 Å². The van der Waals surface area contributed by atoms with Crippen LogP contribution in [0, 0.1) is 0 Å². The molecular weight excluding hydrogens is 308 g/mol. The summed E-state index contributed by atoms with van der Waals surface area (Å²) >= 11 is 0. The summed E-state index contributed by atoms with van der Waals surface area (Å²) in [4.78, 5) is 20.4. The minimum atomic E-state index is -1.33. The summed E-state index contributed by atoms with van der Waals surface area (Å²) in [6.07, 6.45) is 2.32. The lowest BCUT2D eigenvalue weighted by atomic mass is 10.1. The maximum atomic E-state index is 10.2. The number of hydrogen-bond donors (Lipinski definition) is 2. The average molecular weight is 340 g/mol. The van der Waals surface area contributed by atoms with Gasteiger partial charge in [0.05, 0.1) is 23.0 Å². The van der Waals surface area contributed by atoms with Crippen molar-refractivity contribution in [2.45, 2.75) is 65.5 Å². The molecule has 138 valence electrons. The van der Waals surface area contributed by atoms with Crippen LogP contribution < -0.4 is 21.7 Å². The van der Waals surface area contributed by atoms with Crippen LogP contribution in [-0.4, -0.2) is 23.0 Å². The summed E-state index contributed by atoms with van der Waals surface area (Å²) in [6.45, 7) is 12.8. The molecule has 1 aromatic carbocycles. The molecule has 0 saturated carbocycles. The Morgan fingerprint density at radius 3 is 1.04 bits per heavy atom. The van der Waals surface area contributed by atoms with E-state index in [1.54, 1.807) is 0 Å². The topological polar surface area (TPSA) is 136 Å². The highest BCUT2D eigenvalue weighted by atomic mass is 16.4. The van der Waals surface area contributed by atoms with E-state index in [2.05, 4.69) is 53.0 Å². The van der Waals surface area contributed by atoms with Crippen molar-refractivity contribution in [3.8, 4) is 0 Å². The fourth-order valence-corrected chi connectivity index (χ4v) is 0.742. The summed E-state index contributed by atoms with van der Waals surface area (Å²) in [5.74, 6) is -2.67. The van der Waals surface area contributed by atoms with Gasteiger partial charge in [0.15, 0.2) is 0 Å². The molecule has 0 bridgehead atoms. The normalized spacial score (nSPS) is 10.7. The van der Waals surface area contributed by atoms with Crippen molar-refractivity contribution < 1.29 is 31.3 Å². The van der Waals surface area contributed by atoms with Crippen LogP contribution in [-0.2, 0) is 0 Å². The van der Waals surface area contributed by atoms with E-state index in [9.17, 15) is 19.8 Å². The van der Waals surface area contributed by atoms with Gasteiger partial charge < -0.3 is 31.3 Å². The molecule has 0 spiro atoms. The third-order valence-electron chi connectivity index (χ3n) is 3.27. The van der Waals surface area contributed by atoms with Crippen LogP contribution in [0.5, 0.6) is 0 Å². The van der Waals surface area contributed by atoms with Crippen molar-refractivity contribution in [2.75, 3.05) is 0 Å². The van der Waals surface area contributed by atoms with Gasteiger partial charge in [-0.3, -0.25) is 0 Å². The maximum Gasteiger partial charge on any atom is 0.0886 e. The largest absolute Gasteiger partial charge is 0.545 e. The van der Waals surface area contributed by atoms with E-state index < -0.39 is 11.9 Å². The Morgan fingerprint density at radius 2 is 0.958 bits per heavy atom. The molecule has 0 radical (unpaired) electrons. The fourth-order valence-electron chi connectivity index (χ4n) is 0.742. The number of carboxylic acids is 2. The van der Waals surface area contributed by atoms with Gasteiger partial charge in [0, 0.05) is 0 Å². The number of aromatic carboxylic acids is 2. The van der Waals surface area contributed by atoms with E-state index in [0.29, 0.717) is 11.1 Å². The quantitative estimate of drug-likeness (QED) is 0.745. The van der Waals surface area contributed by atoms with Crippen LogP contribution in [0.1, 0.15) is 75.1 Å². The van der Waals surface area contributed by atoms with E-state index in [1.165, 1.54) is 0 Å². The Bertz CT molecular complexity index is 450. The minimum Gasteiger partial charge on any atom is -0.545 e. The van der Waals surface area contributed by atoms with Crippen molar-refractivity contribution in [1.29, 1.82) is 0 Å². The first-order valence-corrected chi connectivity index (χ1v) is 7.97. The molecule has 24 heavy (non-hydrogen) atoms. The van der Waals surface area contributed by atoms with Gasteiger partial charge in [-0.2, -0.15) is 0 Å². The summed E-state index contributed by atoms with van der Waals surface area (Å²) in [6, 6.07) is 4.61. The lowest BCUT2D eigenvalue weighted by molar-refractivity contribution is -0.466. The zero-order valence-electron chi connectivity index (χ0n) is 15.8. The highest BCUT2D eigenvalue weighted by molar-refractivity contribution is 5.89. The molecule has 0 fully saturated rings. The van der Waals surface area contributed by atoms with E-state index >= 15 is 0 Å². The highest BCUT2D eigenvalue weighted by Crippen LogP contribution is 2.02. The molecule has 1 rings (SSSR count). The number of rotatable bonds is 4. The number of carbonyl (C=O) groups excluding carboxylic acids is 2. The highest BCUT2D eigenvalue weighted by Gasteiger charge is 2.09. The Labute approximate surface area is 144 Å². The van der Waals surface area contributed by atoms with Crippen LogP contribution in [0.4, 0.5) is 0 Å². The zero-order chi connectivity index (χ0) is 19.6. The summed E-state index contributed by atoms with van der Waals surface area (Å²) < 4.78 is 0. The minimum absolute atomic E-state index is 0.0556. The van der Waals surface area contributed by atoms with Crippen LogP contribution >= 0.6 is 0 Å². The number of carboxylic acid groups (broad SMARTS) is 2. The van der Waals surface area contributed by atoms with Crippen LogP contribution in [0.15, 0.2) is 24.3 Å². The first-order valence-electron chi connectivity index (χ1n) is 7.97. The SMILES string of the molecule is CCC(C)(C)[NH3+].CCC(C)(C)[NH3+].O=C([O-])c1ccc(C(=O)[O-])cc1. The molecule has 0 aliphatic rings. The average Bonchev–Trinajstić information content (AvgIpc) is 2.47. The third kappa shape index (κ3) is 15.0. The summed E-state index contributed by atoms with van der Waals surface area (Å²) in [7, 11) is 0. The summed E-state index contributed by atoms with van der Waals surface area (Å²) in [5.41, 5.74) is 8.25. The van der Waals surface area contributed by atoms with Gasteiger partial charge >= 0.3 is 0 Å². The molecule has 0 heterocycles. The number of carbonyl (C=O) groups is 2. The summed E-state index contributed by atoms with van der Waals surface area (Å²) in [5, 5.41) is 20.4. The van der Waals surface area contributed by atoms with Gasteiger partial charge in [0.2, 0.25) is 0 Å². The van der Waals surface area contributed by atoms with Crippen molar-refractivity contribution in [1.82, 2.24) is 0 Å². The van der Waals surface area contributed by atoms with Crippen LogP contribution in [0.2, 0.25) is 0 Å². The standard InChI is InChI=1S/C8H6O4.2C5H13N/c9-7(10)5-1-2-6(4-3-5)8(11)12;2*1-4-5(2,3)6/h1-4H,(H,9,10)(H,11,12);2*4,6H2,1-3H3. The van der Waals surface area contributed by atoms with E-state index in [0.717, 1.165) is 37.1 Å². The molecular formula is C18H32N2O4. The van der Waals surface area contributed by atoms with Crippen molar-refractivity contribution in [3.05, 3.63) is 35.4 Å². The second-order valence-corrected chi connectivity index (χ2v) is 7.19. The Morgan fingerprint density at radius 1 is 0.792 bits per heavy atom. The van der Waals surface area contributed by atoms with Gasteiger partial charge in [-0.25, -0.2) is 0 Å². The molecule has 6 N–H and O–H groups in total. The fraction of sp³-hybridized carbons (Fsp3) is 0.556. The predicted octanol–water partition coefficient (Wildman–Crippen LogP) is -0.753. The number of hydrogen-bond acceptors (Lipinski definition) is 4. The van der Waals surface area contributed by atoms with Gasteiger partial charge in [-0.1, -0.05) is 38.1 Å². The molecule has 1 aromatic rings. The monoisotopic (exact) mass is 340 g/mol. The van der Waals surface area contributed by atoms with Gasteiger partial charge in [0.1, 0.15) is 0 Å². The molecule has 0 unspecified atom stereocenters. The number of benzene rings is 1. The second-order valence-electron chi connectivity index (χ2n) is 7.19.